The molecule has 0 heterocycles. The third-order valence-electron chi connectivity index (χ3n) is 0.733. The van der Waals surface area contributed by atoms with E-state index in [0.29, 0.717) is 6.54 Å². The van der Waals surface area contributed by atoms with Crippen LogP contribution in [-0.4, -0.2) is 14.6 Å². The molecule has 0 aliphatic rings. The first-order valence-electron chi connectivity index (χ1n) is 3.26. The van der Waals surface area contributed by atoms with Crippen molar-refractivity contribution in [3.05, 3.63) is 0 Å². The summed E-state index contributed by atoms with van der Waals surface area (Å²) in [6.07, 6.45) is 0.851. The molecule has 0 rings (SSSR count). The van der Waals surface area contributed by atoms with E-state index in [9.17, 15) is 0 Å². The smallest absolute Gasteiger partial charge is 0.129 e. The van der Waals surface area contributed by atoms with E-state index < -0.39 is 8.07 Å². The SMILES string of the molecule is C[Si](C)(C)C#CCCN.Cl. The summed E-state index contributed by atoms with van der Waals surface area (Å²) in [6, 6.07) is 0. The molecule has 1 nitrogen and oxygen atoms in total. The van der Waals surface area contributed by atoms with Gasteiger partial charge < -0.3 is 5.73 Å². The Morgan fingerprint density at radius 2 is 1.80 bits per heavy atom. The number of halogens is 1. The van der Waals surface area contributed by atoms with Crippen molar-refractivity contribution >= 4 is 20.5 Å². The van der Waals surface area contributed by atoms with Crippen LogP contribution >= 0.6 is 12.4 Å². The molecule has 0 aromatic heterocycles. The predicted molar refractivity (Wildman–Crippen MR) is 52.0 cm³/mol. The maximum atomic E-state index is 5.27. The Kier molecular flexibility index (Phi) is 7.34. The van der Waals surface area contributed by atoms with Crippen LogP contribution in [0.15, 0.2) is 0 Å². The van der Waals surface area contributed by atoms with Crippen molar-refractivity contribution in [1.82, 2.24) is 0 Å². The molecule has 0 saturated heterocycles. The monoisotopic (exact) mass is 177 g/mol. The Labute approximate surface area is 70.8 Å². The van der Waals surface area contributed by atoms with E-state index in [1.165, 1.54) is 0 Å². The Morgan fingerprint density at radius 3 is 2.10 bits per heavy atom. The second-order valence-electron chi connectivity index (χ2n) is 3.09. The van der Waals surface area contributed by atoms with Gasteiger partial charge in [0.2, 0.25) is 0 Å². The lowest BCUT2D eigenvalue weighted by Gasteiger charge is -2.02. The summed E-state index contributed by atoms with van der Waals surface area (Å²) in [6.45, 7) is 7.39. The Bertz CT molecular complexity index is 129. The van der Waals surface area contributed by atoms with E-state index in [4.69, 9.17) is 5.73 Å². The van der Waals surface area contributed by atoms with E-state index in [1.807, 2.05) is 0 Å². The summed E-state index contributed by atoms with van der Waals surface area (Å²) in [5.74, 6) is 3.06. The van der Waals surface area contributed by atoms with E-state index >= 15 is 0 Å². The summed E-state index contributed by atoms with van der Waals surface area (Å²) in [5, 5.41) is 0. The van der Waals surface area contributed by atoms with Gasteiger partial charge in [-0.1, -0.05) is 19.6 Å². The zero-order chi connectivity index (χ0) is 7.33. The molecular weight excluding hydrogens is 162 g/mol. The van der Waals surface area contributed by atoms with Crippen LogP contribution in [0, 0.1) is 11.5 Å². The molecule has 60 valence electrons. The number of nitrogens with two attached hydrogens (primary N) is 1. The van der Waals surface area contributed by atoms with Gasteiger partial charge in [0.15, 0.2) is 0 Å². The summed E-state index contributed by atoms with van der Waals surface area (Å²) >= 11 is 0. The van der Waals surface area contributed by atoms with Crippen LogP contribution < -0.4 is 5.73 Å². The van der Waals surface area contributed by atoms with Crippen LogP contribution in [-0.2, 0) is 0 Å². The Morgan fingerprint density at radius 1 is 1.30 bits per heavy atom. The molecule has 0 unspecified atom stereocenters. The molecule has 0 aliphatic carbocycles. The van der Waals surface area contributed by atoms with Gasteiger partial charge in [-0.05, 0) is 0 Å². The average molecular weight is 178 g/mol. The van der Waals surface area contributed by atoms with Crippen molar-refractivity contribution in [1.29, 1.82) is 0 Å². The zero-order valence-electron chi connectivity index (χ0n) is 6.90. The molecule has 0 aliphatic heterocycles. The highest BCUT2D eigenvalue weighted by atomic mass is 35.5. The summed E-state index contributed by atoms with van der Waals surface area (Å²) in [7, 11) is -1.11. The average Bonchev–Trinajstić information content (AvgIpc) is 1.63. The van der Waals surface area contributed by atoms with Crippen LogP contribution in [0.3, 0.4) is 0 Å². The van der Waals surface area contributed by atoms with Crippen molar-refractivity contribution in [2.24, 2.45) is 5.73 Å². The largest absolute Gasteiger partial charge is 0.330 e. The summed E-state index contributed by atoms with van der Waals surface area (Å²) in [4.78, 5) is 0. The van der Waals surface area contributed by atoms with Gasteiger partial charge in [0.1, 0.15) is 8.07 Å². The molecule has 2 N–H and O–H groups in total. The van der Waals surface area contributed by atoms with Crippen molar-refractivity contribution in [3.63, 3.8) is 0 Å². The van der Waals surface area contributed by atoms with Gasteiger partial charge in [0, 0.05) is 13.0 Å². The maximum absolute atomic E-state index is 5.27. The molecule has 0 aromatic rings. The third-order valence-corrected chi connectivity index (χ3v) is 1.66. The van der Waals surface area contributed by atoms with Gasteiger partial charge in [0.25, 0.3) is 0 Å². The van der Waals surface area contributed by atoms with Gasteiger partial charge in [-0.2, -0.15) is 0 Å². The van der Waals surface area contributed by atoms with E-state index in [2.05, 4.69) is 31.1 Å². The van der Waals surface area contributed by atoms with Crippen molar-refractivity contribution < 1.29 is 0 Å². The first-order chi connectivity index (χ1) is 4.06. The van der Waals surface area contributed by atoms with E-state index in [0.717, 1.165) is 6.42 Å². The van der Waals surface area contributed by atoms with Crippen molar-refractivity contribution in [2.45, 2.75) is 26.1 Å². The molecule has 0 fully saturated rings. The van der Waals surface area contributed by atoms with Gasteiger partial charge in [-0.15, -0.1) is 23.9 Å². The zero-order valence-corrected chi connectivity index (χ0v) is 8.72. The lowest BCUT2D eigenvalue weighted by atomic mass is 10.5. The molecule has 0 amide bonds. The number of hydrogen-bond donors (Lipinski definition) is 1. The predicted octanol–water partition coefficient (Wildman–Crippen LogP) is 1.64. The molecule has 3 heteroatoms. The fourth-order valence-corrected chi connectivity index (χ4v) is 1.06. The second-order valence-corrected chi connectivity index (χ2v) is 7.84. The highest BCUT2D eigenvalue weighted by Crippen LogP contribution is 1.95. The molecular formula is C7H16ClNSi. The molecule has 0 saturated carbocycles. The van der Waals surface area contributed by atoms with Crippen LogP contribution in [0.2, 0.25) is 19.6 Å². The minimum atomic E-state index is -1.11. The maximum Gasteiger partial charge on any atom is 0.129 e. The van der Waals surface area contributed by atoms with Crippen LogP contribution in [0.4, 0.5) is 0 Å². The van der Waals surface area contributed by atoms with E-state index in [1.54, 1.807) is 0 Å². The van der Waals surface area contributed by atoms with Crippen molar-refractivity contribution in [3.8, 4) is 11.5 Å². The van der Waals surface area contributed by atoms with Gasteiger partial charge in [-0.3, -0.25) is 0 Å². The van der Waals surface area contributed by atoms with Crippen LogP contribution in [0.5, 0.6) is 0 Å². The van der Waals surface area contributed by atoms with Crippen LogP contribution in [0.1, 0.15) is 6.42 Å². The second kappa shape index (κ2) is 5.78. The normalized spacial score (nSPS) is 9.20. The van der Waals surface area contributed by atoms with Crippen LogP contribution in [0.25, 0.3) is 0 Å². The van der Waals surface area contributed by atoms with Gasteiger partial charge >= 0.3 is 0 Å². The molecule has 0 aromatic carbocycles. The Hall–Kier alpha value is 0.0269. The summed E-state index contributed by atoms with van der Waals surface area (Å²) in [5.41, 5.74) is 8.50. The quantitative estimate of drug-likeness (QED) is 0.479. The van der Waals surface area contributed by atoms with Gasteiger partial charge in [-0.25, -0.2) is 0 Å². The molecule has 0 radical (unpaired) electrons. The number of rotatable bonds is 1. The lowest BCUT2D eigenvalue weighted by molar-refractivity contribution is 1.03. The fourth-order valence-electron chi connectivity index (χ4n) is 0.400. The fraction of sp³-hybridized carbons (Fsp3) is 0.714. The highest BCUT2D eigenvalue weighted by molar-refractivity contribution is 6.83. The highest BCUT2D eigenvalue weighted by Gasteiger charge is 2.06. The topological polar surface area (TPSA) is 26.0 Å². The third kappa shape index (κ3) is 10.9. The first kappa shape index (κ1) is 12.7. The molecule has 0 atom stereocenters. The molecule has 0 bridgehead atoms. The minimum absolute atomic E-state index is 0. The standard InChI is InChI=1S/C7H15NSi.ClH/c1-9(2,3)7-5-4-6-8;/h4,6,8H2,1-3H3;1H. The minimum Gasteiger partial charge on any atom is -0.330 e. The molecule has 10 heavy (non-hydrogen) atoms. The lowest BCUT2D eigenvalue weighted by Crippen LogP contribution is -2.16. The molecule has 0 spiro atoms. The summed E-state index contributed by atoms with van der Waals surface area (Å²) < 4.78 is 0. The van der Waals surface area contributed by atoms with E-state index in [-0.39, 0.29) is 12.4 Å². The number of hydrogen-bond acceptors (Lipinski definition) is 1. The Balaban J connectivity index is 0. The van der Waals surface area contributed by atoms with Gasteiger partial charge in [0.05, 0.1) is 0 Å². The van der Waals surface area contributed by atoms with Crippen molar-refractivity contribution in [2.75, 3.05) is 6.54 Å². The first-order valence-corrected chi connectivity index (χ1v) is 6.76.